The molecule has 0 bridgehead atoms. The summed E-state index contributed by atoms with van der Waals surface area (Å²) < 4.78 is 28.1. The minimum Gasteiger partial charge on any atom is -0.477 e. The van der Waals surface area contributed by atoms with Gasteiger partial charge in [0.25, 0.3) is 0 Å². The molecular formula is C11H9F2NO2. The number of hydrogen-bond donors (Lipinski definition) is 1. The summed E-state index contributed by atoms with van der Waals surface area (Å²) in [5, 5.41) is 8.91. The van der Waals surface area contributed by atoms with Gasteiger partial charge in [-0.15, -0.1) is 0 Å². The Hall–Kier alpha value is -1.91. The summed E-state index contributed by atoms with van der Waals surface area (Å²) in [7, 11) is 0. The van der Waals surface area contributed by atoms with E-state index in [2.05, 4.69) is 0 Å². The Morgan fingerprint density at radius 3 is 2.56 bits per heavy atom. The number of hydrogen-bond acceptors (Lipinski definition) is 1. The van der Waals surface area contributed by atoms with E-state index >= 15 is 0 Å². The lowest BCUT2D eigenvalue weighted by Gasteiger charge is -2.04. The van der Waals surface area contributed by atoms with Crippen molar-refractivity contribution in [2.75, 3.05) is 0 Å². The summed E-state index contributed by atoms with van der Waals surface area (Å²) >= 11 is 0. The van der Waals surface area contributed by atoms with Crippen LogP contribution in [0.25, 0.3) is 10.9 Å². The van der Waals surface area contributed by atoms with Crippen LogP contribution in [0.2, 0.25) is 0 Å². The first kappa shape index (κ1) is 10.6. The topological polar surface area (TPSA) is 42.2 Å². The molecule has 2 rings (SSSR count). The molecule has 0 aliphatic carbocycles. The number of carboxylic acids is 1. The van der Waals surface area contributed by atoms with E-state index in [1.165, 1.54) is 4.57 Å². The number of aryl methyl sites for hydroxylation is 1. The highest BCUT2D eigenvalue weighted by molar-refractivity contribution is 5.95. The van der Waals surface area contributed by atoms with Crippen molar-refractivity contribution in [3.63, 3.8) is 0 Å². The second-order valence-corrected chi connectivity index (χ2v) is 3.37. The molecule has 0 saturated carbocycles. The summed E-state index contributed by atoms with van der Waals surface area (Å²) in [6, 6.07) is 3.14. The number of aromatic nitrogens is 1. The van der Waals surface area contributed by atoms with Gasteiger partial charge in [0.05, 0.1) is 5.52 Å². The molecule has 2 aromatic rings. The molecule has 0 amide bonds. The zero-order valence-corrected chi connectivity index (χ0v) is 8.50. The molecule has 84 valence electrons. The summed E-state index contributed by atoms with van der Waals surface area (Å²) in [6.45, 7) is 1.95. The second kappa shape index (κ2) is 3.59. The Kier molecular flexibility index (Phi) is 2.38. The van der Waals surface area contributed by atoms with Crippen LogP contribution in [0.15, 0.2) is 18.2 Å². The predicted octanol–water partition coefficient (Wildman–Crippen LogP) is 2.64. The first-order chi connectivity index (χ1) is 7.56. The number of benzene rings is 1. The molecule has 0 atom stereocenters. The summed E-state index contributed by atoms with van der Waals surface area (Å²) in [5.74, 6) is -2.44. The van der Waals surface area contributed by atoms with Crippen molar-refractivity contribution >= 4 is 16.9 Å². The van der Waals surface area contributed by atoms with Crippen LogP contribution < -0.4 is 0 Å². The van der Waals surface area contributed by atoms with E-state index in [1.807, 2.05) is 0 Å². The second-order valence-electron chi connectivity index (χ2n) is 3.37. The number of carbonyl (C=O) groups is 1. The molecule has 0 fully saturated rings. The minimum atomic E-state index is -1.20. The van der Waals surface area contributed by atoms with Gasteiger partial charge in [-0.3, -0.25) is 0 Å². The lowest BCUT2D eigenvalue weighted by molar-refractivity contribution is 0.0686. The molecule has 1 heterocycles. The van der Waals surface area contributed by atoms with Crippen molar-refractivity contribution in [2.45, 2.75) is 13.5 Å². The van der Waals surface area contributed by atoms with Gasteiger partial charge in [0.15, 0.2) is 0 Å². The maximum atomic E-state index is 13.5. The van der Waals surface area contributed by atoms with Crippen molar-refractivity contribution in [3.05, 3.63) is 35.5 Å². The highest BCUT2D eigenvalue weighted by atomic mass is 19.1. The predicted molar refractivity (Wildman–Crippen MR) is 54.5 cm³/mol. The van der Waals surface area contributed by atoms with Crippen molar-refractivity contribution in [3.8, 4) is 0 Å². The smallest absolute Gasteiger partial charge is 0.352 e. The van der Waals surface area contributed by atoms with Crippen molar-refractivity contribution < 1.29 is 18.7 Å². The number of aromatic carboxylic acids is 1. The zero-order valence-electron chi connectivity index (χ0n) is 8.50. The van der Waals surface area contributed by atoms with Gasteiger partial charge < -0.3 is 9.67 Å². The van der Waals surface area contributed by atoms with Crippen molar-refractivity contribution in [1.82, 2.24) is 4.57 Å². The summed E-state index contributed by atoms with van der Waals surface area (Å²) in [4.78, 5) is 10.9. The van der Waals surface area contributed by atoms with E-state index < -0.39 is 17.6 Å². The molecule has 0 aliphatic rings. The van der Waals surface area contributed by atoms with E-state index in [9.17, 15) is 13.6 Å². The molecule has 5 heteroatoms. The van der Waals surface area contributed by atoms with Crippen LogP contribution in [0.4, 0.5) is 8.78 Å². The van der Waals surface area contributed by atoms with Gasteiger partial charge in [-0.05, 0) is 25.1 Å². The van der Waals surface area contributed by atoms with Crippen LogP contribution in [-0.4, -0.2) is 15.6 Å². The average molecular weight is 225 g/mol. The van der Waals surface area contributed by atoms with Crippen LogP contribution >= 0.6 is 0 Å². The van der Waals surface area contributed by atoms with E-state index in [0.29, 0.717) is 0 Å². The maximum absolute atomic E-state index is 13.5. The SMILES string of the molecule is CCn1c(C(=O)O)cc2c(F)ccc(F)c21. The standard InChI is InChI=1S/C11H9F2NO2/c1-2-14-9(11(15)16)5-6-7(12)3-4-8(13)10(6)14/h3-5H,2H2,1H3,(H,15,16). The zero-order chi connectivity index (χ0) is 11.9. The third-order valence-electron chi connectivity index (χ3n) is 2.49. The van der Waals surface area contributed by atoms with Gasteiger partial charge in [-0.2, -0.15) is 0 Å². The fraction of sp³-hybridized carbons (Fsp3) is 0.182. The highest BCUT2D eigenvalue weighted by Crippen LogP contribution is 2.25. The average Bonchev–Trinajstić information content (AvgIpc) is 2.64. The Labute approximate surface area is 89.9 Å². The maximum Gasteiger partial charge on any atom is 0.352 e. The van der Waals surface area contributed by atoms with E-state index in [1.54, 1.807) is 6.92 Å². The summed E-state index contributed by atoms with van der Waals surface area (Å²) in [6.07, 6.45) is 0. The fourth-order valence-corrected chi connectivity index (χ4v) is 1.81. The van der Waals surface area contributed by atoms with Gasteiger partial charge in [-0.1, -0.05) is 0 Å². The molecule has 1 N–H and O–H groups in total. The van der Waals surface area contributed by atoms with Gasteiger partial charge in [-0.25, -0.2) is 13.6 Å². The van der Waals surface area contributed by atoms with Crippen LogP contribution in [0, 0.1) is 11.6 Å². The Balaban J connectivity index is 2.92. The molecule has 0 radical (unpaired) electrons. The molecule has 1 aromatic heterocycles. The molecule has 3 nitrogen and oxygen atoms in total. The molecule has 16 heavy (non-hydrogen) atoms. The highest BCUT2D eigenvalue weighted by Gasteiger charge is 2.18. The van der Waals surface area contributed by atoms with Gasteiger partial charge in [0.2, 0.25) is 0 Å². The largest absolute Gasteiger partial charge is 0.477 e. The van der Waals surface area contributed by atoms with Gasteiger partial charge in [0, 0.05) is 11.9 Å². The number of rotatable bonds is 2. The molecule has 0 aliphatic heterocycles. The van der Waals surface area contributed by atoms with E-state index in [-0.39, 0.29) is 23.1 Å². The number of fused-ring (bicyclic) bond motifs is 1. The first-order valence-electron chi connectivity index (χ1n) is 4.76. The Bertz CT molecular complexity index is 575. The lowest BCUT2D eigenvalue weighted by Crippen LogP contribution is -2.07. The molecule has 0 spiro atoms. The molecule has 0 unspecified atom stereocenters. The van der Waals surface area contributed by atoms with E-state index in [4.69, 9.17) is 5.11 Å². The molecular weight excluding hydrogens is 216 g/mol. The van der Waals surface area contributed by atoms with Gasteiger partial charge >= 0.3 is 5.97 Å². The quantitative estimate of drug-likeness (QED) is 0.853. The third kappa shape index (κ3) is 1.36. The number of halogens is 2. The van der Waals surface area contributed by atoms with Crippen LogP contribution in [0.1, 0.15) is 17.4 Å². The Morgan fingerprint density at radius 2 is 2.00 bits per heavy atom. The normalized spacial score (nSPS) is 10.9. The van der Waals surface area contributed by atoms with Crippen LogP contribution in [0.5, 0.6) is 0 Å². The van der Waals surface area contributed by atoms with E-state index in [0.717, 1.165) is 18.2 Å². The minimum absolute atomic E-state index is 0.0000926. The van der Waals surface area contributed by atoms with Gasteiger partial charge in [0.1, 0.15) is 17.3 Å². The van der Waals surface area contributed by atoms with Crippen LogP contribution in [0.3, 0.4) is 0 Å². The number of nitrogens with zero attached hydrogens (tertiary/aromatic N) is 1. The van der Waals surface area contributed by atoms with Crippen molar-refractivity contribution in [1.29, 1.82) is 0 Å². The summed E-state index contributed by atoms with van der Waals surface area (Å²) in [5.41, 5.74) is -0.110. The molecule has 1 aromatic carbocycles. The fourth-order valence-electron chi connectivity index (χ4n) is 1.81. The lowest BCUT2D eigenvalue weighted by atomic mass is 10.2. The van der Waals surface area contributed by atoms with Crippen molar-refractivity contribution in [2.24, 2.45) is 0 Å². The number of carboxylic acid groups (broad SMARTS) is 1. The monoisotopic (exact) mass is 225 g/mol. The van der Waals surface area contributed by atoms with Crippen LogP contribution in [-0.2, 0) is 6.54 Å². The Morgan fingerprint density at radius 1 is 1.38 bits per heavy atom. The molecule has 0 saturated heterocycles. The first-order valence-corrected chi connectivity index (χ1v) is 4.76. The third-order valence-corrected chi connectivity index (χ3v) is 2.49.